The maximum Gasteiger partial charge on any atom is 0.151 e. The molecule has 0 bridgehead atoms. The van der Waals surface area contributed by atoms with Gasteiger partial charge in [0.1, 0.15) is 6.07 Å². The molecule has 0 unspecified atom stereocenters. The molecule has 0 aliphatic carbocycles. The third-order valence-corrected chi connectivity index (χ3v) is 3.32. The van der Waals surface area contributed by atoms with Gasteiger partial charge in [0.05, 0.1) is 5.01 Å². The topological polar surface area (TPSA) is 36.7 Å². The summed E-state index contributed by atoms with van der Waals surface area (Å²) in [5.74, 6) is 0. The molecule has 0 N–H and O–H groups in total. The van der Waals surface area contributed by atoms with Crippen molar-refractivity contribution < 1.29 is 0 Å². The minimum absolute atomic E-state index is 0.531. The fourth-order valence-corrected chi connectivity index (χ4v) is 2.21. The Balaban J connectivity index is 1.97. The van der Waals surface area contributed by atoms with Gasteiger partial charge in [-0.05, 0) is 18.9 Å². The minimum atomic E-state index is 0.531. The fraction of sp³-hybridized carbons (Fsp3) is 0.231. The Morgan fingerprint density at radius 3 is 2.62 bits per heavy atom. The normalized spacial score (nSPS) is 10.0. The first kappa shape index (κ1) is 10.8. The van der Waals surface area contributed by atoms with Gasteiger partial charge in [-0.1, -0.05) is 29.8 Å². The van der Waals surface area contributed by atoms with Crippen LogP contribution in [0, 0.1) is 18.3 Å². The quantitative estimate of drug-likeness (QED) is 0.809. The number of aromatic nitrogens is 1. The summed E-state index contributed by atoms with van der Waals surface area (Å²) in [5.41, 5.74) is 3.13. The molecule has 0 radical (unpaired) electrons. The number of benzene rings is 1. The predicted octanol–water partition coefficient (Wildman–Crippen LogP) is 3.11. The summed E-state index contributed by atoms with van der Waals surface area (Å²) in [6, 6.07) is 10.6. The standard InChI is InChI=1S/C13H12N2S/c1-10-2-4-11(5-3-10)6-7-13-15-12(8-14)9-16-13/h2-5,9H,6-7H2,1H3. The van der Waals surface area contributed by atoms with E-state index >= 15 is 0 Å². The fourth-order valence-electron chi connectivity index (χ4n) is 1.48. The van der Waals surface area contributed by atoms with Crippen molar-refractivity contribution in [2.24, 2.45) is 0 Å². The molecule has 0 saturated heterocycles. The van der Waals surface area contributed by atoms with E-state index in [9.17, 15) is 0 Å². The van der Waals surface area contributed by atoms with Crippen LogP contribution in [0.2, 0.25) is 0 Å². The van der Waals surface area contributed by atoms with Gasteiger partial charge in [0.25, 0.3) is 0 Å². The third kappa shape index (κ3) is 2.68. The van der Waals surface area contributed by atoms with Gasteiger partial charge < -0.3 is 0 Å². The lowest BCUT2D eigenvalue weighted by Crippen LogP contribution is -1.90. The van der Waals surface area contributed by atoms with E-state index in [0.29, 0.717) is 5.69 Å². The van der Waals surface area contributed by atoms with E-state index in [4.69, 9.17) is 5.26 Å². The zero-order valence-electron chi connectivity index (χ0n) is 9.10. The first-order chi connectivity index (χ1) is 7.78. The number of hydrogen-bond donors (Lipinski definition) is 0. The molecule has 0 saturated carbocycles. The number of rotatable bonds is 3. The Morgan fingerprint density at radius 1 is 1.25 bits per heavy atom. The highest BCUT2D eigenvalue weighted by molar-refractivity contribution is 7.09. The summed E-state index contributed by atoms with van der Waals surface area (Å²) in [6.07, 6.45) is 1.90. The molecule has 0 aliphatic rings. The zero-order valence-corrected chi connectivity index (χ0v) is 9.92. The maximum atomic E-state index is 8.66. The molecule has 0 fully saturated rings. The maximum absolute atomic E-state index is 8.66. The van der Waals surface area contributed by atoms with E-state index in [2.05, 4.69) is 42.2 Å². The van der Waals surface area contributed by atoms with E-state index in [-0.39, 0.29) is 0 Å². The Bertz CT molecular complexity index is 505. The largest absolute Gasteiger partial charge is 0.231 e. The Morgan fingerprint density at radius 2 is 2.00 bits per heavy atom. The molecule has 3 heteroatoms. The number of nitriles is 1. The summed E-state index contributed by atoms with van der Waals surface area (Å²) in [4.78, 5) is 4.22. The molecule has 1 aromatic carbocycles. The Kier molecular flexibility index (Phi) is 3.33. The second-order valence-corrected chi connectivity index (χ2v) is 4.67. The lowest BCUT2D eigenvalue weighted by molar-refractivity contribution is 0.940. The highest BCUT2D eigenvalue weighted by atomic mass is 32.1. The molecule has 0 atom stereocenters. The average Bonchev–Trinajstić information content (AvgIpc) is 2.76. The van der Waals surface area contributed by atoms with E-state index < -0.39 is 0 Å². The zero-order chi connectivity index (χ0) is 11.4. The van der Waals surface area contributed by atoms with Gasteiger partial charge in [0, 0.05) is 11.8 Å². The summed E-state index contributed by atoms with van der Waals surface area (Å²) in [5, 5.41) is 11.5. The molecule has 1 aromatic heterocycles. The van der Waals surface area contributed by atoms with Gasteiger partial charge in [-0.2, -0.15) is 5.26 Å². The SMILES string of the molecule is Cc1ccc(CCc2nc(C#N)cs2)cc1. The van der Waals surface area contributed by atoms with Crippen molar-refractivity contribution in [3.05, 3.63) is 51.5 Å². The molecule has 16 heavy (non-hydrogen) atoms. The van der Waals surface area contributed by atoms with Crippen LogP contribution < -0.4 is 0 Å². The van der Waals surface area contributed by atoms with Crippen molar-refractivity contribution in [2.45, 2.75) is 19.8 Å². The van der Waals surface area contributed by atoms with Crippen molar-refractivity contribution in [1.29, 1.82) is 5.26 Å². The van der Waals surface area contributed by atoms with Crippen LogP contribution in [-0.4, -0.2) is 4.98 Å². The van der Waals surface area contributed by atoms with Crippen LogP contribution in [0.25, 0.3) is 0 Å². The predicted molar refractivity (Wildman–Crippen MR) is 65.4 cm³/mol. The number of thiazole rings is 1. The van der Waals surface area contributed by atoms with Crippen LogP contribution in [0.15, 0.2) is 29.6 Å². The van der Waals surface area contributed by atoms with Crippen LogP contribution in [0.1, 0.15) is 21.8 Å². The lowest BCUT2D eigenvalue weighted by Gasteiger charge is -1.99. The second kappa shape index (κ2) is 4.91. The molecule has 2 nitrogen and oxygen atoms in total. The van der Waals surface area contributed by atoms with Crippen molar-refractivity contribution in [2.75, 3.05) is 0 Å². The number of nitrogens with zero attached hydrogens (tertiary/aromatic N) is 2. The Hall–Kier alpha value is -1.66. The van der Waals surface area contributed by atoms with Gasteiger partial charge in [-0.25, -0.2) is 4.98 Å². The minimum Gasteiger partial charge on any atom is -0.231 e. The summed E-state index contributed by atoms with van der Waals surface area (Å²) in [7, 11) is 0. The van der Waals surface area contributed by atoms with E-state index in [0.717, 1.165) is 17.8 Å². The summed E-state index contributed by atoms with van der Waals surface area (Å²) < 4.78 is 0. The number of hydrogen-bond acceptors (Lipinski definition) is 3. The van der Waals surface area contributed by atoms with Gasteiger partial charge in [0.2, 0.25) is 0 Å². The van der Waals surface area contributed by atoms with Crippen LogP contribution in [0.4, 0.5) is 0 Å². The lowest BCUT2D eigenvalue weighted by atomic mass is 10.1. The summed E-state index contributed by atoms with van der Waals surface area (Å²) >= 11 is 1.56. The molecule has 0 aliphatic heterocycles. The van der Waals surface area contributed by atoms with E-state index in [1.54, 1.807) is 11.3 Å². The highest BCUT2D eigenvalue weighted by Crippen LogP contribution is 2.13. The first-order valence-electron chi connectivity index (χ1n) is 5.18. The van der Waals surface area contributed by atoms with Crippen molar-refractivity contribution in [1.82, 2.24) is 4.98 Å². The molecule has 0 spiro atoms. The molecule has 80 valence electrons. The van der Waals surface area contributed by atoms with Gasteiger partial charge >= 0.3 is 0 Å². The Labute approximate surface area is 99.2 Å². The average molecular weight is 228 g/mol. The van der Waals surface area contributed by atoms with Crippen molar-refractivity contribution in [3.63, 3.8) is 0 Å². The monoisotopic (exact) mass is 228 g/mol. The van der Waals surface area contributed by atoms with Gasteiger partial charge in [0.15, 0.2) is 5.69 Å². The number of aryl methyl sites for hydroxylation is 3. The highest BCUT2D eigenvalue weighted by Gasteiger charge is 2.01. The van der Waals surface area contributed by atoms with Crippen LogP contribution in [0.5, 0.6) is 0 Å². The third-order valence-electron chi connectivity index (χ3n) is 2.41. The second-order valence-electron chi connectivity index (χ2n) is 3.72. The van der Waals surface area contributed by atoms with Crippen LogP contribution in [-0.2, 0) is 12.8 Å². The smallest absolute Gasteiger partial charge is 0.151 e. The van der Waals surface area contributed by atoms with Crippen LogP contribution in [0.3, 0.4) is 0 Å². The van der Waals surface area contributed by atoms with E-state index in [1.807, 2.05) is 5.38 Å². The van der Waals surface area contributed by atoms with Crippen LogP contribution >= 0.6 is 11.3 Å². The van der Waals surface area contributed by atoms with Gasteiger partial charge in [-0.15, -0.1) is 11.3 Å². The van der Waals surface area contributed by atoms with Gasteiger partial charge in [-0.3, -0.25) is 0 Å². The molecular formula is C13H12N2S. The molecular weight excluding hydrogens is 216 g/mol. The molecule has 2 aromatic rings. The molecule has 2 rings (SSSR count). The van der Waals surface area contributed by atoms with Crippen molar-refractivity contribution >= 4 is 11.3 Å². The summed E-state index contributed by atoms with van der Waals surface area (Å²) in [6.45, 7) is 2.09. The van der Waals surface area contributed by atoms with Crippen molar-refractivity contribution in [3.8, 4) is 6.07 Å². The van der Waals surface area contributed by atoms with E-state index in [1.165, 1.54) is 11.1 Å². The molecule has 0 amide bonds. The first-order valence-corrected chi connectivity index (χ1v) is 6.06. The molecule has 1 heterocycles.